The zero-order valence-corrected chi connectivity index (χ0v) is 13.6. The highest BCUT2D eigenvalue weighted by Crippen LogP contribution is 2.29. The summed E-state index contributed by atoms with van der Waals surface area (Å²) < 4.78 is 26.7. The van der Waals surface area contributed by atoms with Gasteiger partial charge in [-0.2, -0.15) is 0 Å². The molecule has 0 aromatic heterocycles. The van der Waals surface area contributed by atoms with E-state index < -0.39 is 38.0 Å². The van der Waals surface area contributed by atoms with Crippen LogP contribution in [0.3, 0.4) is 0 Å². The van der Waals surface area contributed by atoms with E-state index in [0.29, 0.717) is 0 Å². The van der Waals surface area contributed by atoms with E-state index in [-0.39, 0.29) is 5.69 Å². The SMILES string of the molecule is CNC(=O)CN(c1ccccc1)S(=O)(=O)c1ccccc1[N+](=O)[O-]. The molecule has 1 amide bonds. The van der Waals surface area contributed by atoms with Crippen molar-refractivity contribution in [3.8, 4) is 0 Å². The van der Waals surface area contributed by atoms with E-state index >= 15 is 0 Å². The molecule has 9 heteroatoms. The molecule has 0 fully saturated rings. The number of para-hydroxylation sites is 2. The lowest BCUT2D eigenvalue weighted by Crippen LogP contribution is -2.40. The van der Waals surface area contributed by atoms with E-state index in [1.165, 1.54) is 31.3 Å². The molecule has 2 aromatic rings. The summed E-state index contributed by atoms with van der Waals surface area (Å²) in [5, 5.41) is 13.5. The van der Waals surface area contributed by atoms with Crippen molar-refractivity contribution in [2.45, 2.75) is 4.90 Å². The van der Waals surface area contributed by atoms with E-state index in [1.54, 1.807) is 18.2 Å². The number of anilines is 1. The molecule has 126 valence electrons. The fourth-order valence-corrected chi connectivity index (χ4v) is 3.64. The number of carbonyl (C=O) groups excluding carboxylic acids is 1. The summed E-state index contributed by atoms with van der Waals surface area (Å²) in [5.41, 5.74) is -0.311. The normalized spacial score (nSPS) is 10.9. The van der Waals surface area contributed by atoms with Gasteiger partial charge in [0.2, 0.25) is 5.91 Å². The molecule has 0 saturated heterocycles. The highest BCUT2D eigenvalue weighted by atomic mass is 32.2. The lowest BCUT2D eigenvalue weighted by Gasteiger charge is -2.23. The molecule has 0 aliphatic heterocycles. The van der Waals surface area contributed by atoms with Crippen LogP contribution in [0, 0.1) is 10.1 Å². The minimum atomic E-state index is -4.30. The van der Waals surface area contributed by atoms with Crippen LogP contribution in [0.2, 0.25) is 0 Å². The zero-order chi connectivity index (χ0) is 17.7. The molecule has 0 bridgehead atoms. The van der Waals surface area contributed by atoms with Crippen molar-refractivity contribution in [2.24, 2.45) is 0 Å². The highest BCUT2D eigenvalue weighted by Gasteiger charge is 2.32. The Morgan fingerprint density at radius 2 is 1.71 bits per heavy atom. The summed E-state index contributed by atoms with van der Waals surface area (Å²) in [5.74, 6) is -0.541. The van der Waals surface area contributed by atoms with Gasteiger partial charge in [-0.3, -0.25) is 19.2 Å². The van der Waals surface area contributed by atoms with Crippen molar-refractivity contribution in [3.63, 3.8) is 0 Å². The van der Waals surface area contributed by atoms with Crippen LogP contribution < -0.4 is 9.62 Å². The van der Waals surface area contributed by atoms with Crippen molar-refractivity contribution < 1.29 is 18.1 Å². The van der Waals surface area contributed by atoms with E-state index in [2.05, 4.69) is 5.32 Å². The largest absolute Gasteiger partial charge is 0.358 e. The molecule has 0 heterocycles. The maximum atomic E-state index is 13.0. The molecule has 0 spiro atoms. The molecule has 0 radical (unpaired) electrons. The molecular formula is C15H15N3O5S. The first-order valence-electron chi connectivity index (χ1n) is 6.89. The number of hydrogen-bond acceptors (Lipinski definition) is 5. The predicted molar refractivity (Wildman–Crippen MR) is 88.1 cm³/mol. The molecule has 2 aromatic carbocycles. The number of benzene rings is 2. The van der Waals surface area contributed by atoms with E-state index in [1.807, 2.05) is 0 Å². The van der Waals surface area contributed by atoms with Gasteiger partial charge in [-0.1, -0.05) is 30.3 Å². The van der Waals surface area contributed by atoms with Gasteiger partial charge in [0.1, 0.15) is 6.54 Å². The summed E-state index contributed by atoms with van der Waals surface area (Å²) in [6.45, 7) is -0.491. The maximum absolute atomic E-state index is 13.0. The molecular weight excluding hydrogens is 334 g/mol. The van der Waals surface area contributed by atoms with Crippen molar-refractivity contribution in [2.75, 3.05) is 17.9 Å². The van der Waals surface area contributed by atoms with Crippen molar-refractivity contribution in [1.82, 2.24) is 5.32 Å². The number of nitro benzene ring substituents is 1. The fraction of sp³-hybridized carbons (Fsp3) is 0.133. The quantitative estimate of drug-likeness (QED) is 0.628. The lowest BCUT2D eigenvalue weighted by molar-refractivity contribution is -0.387. The Morgan fingerprint density at radius 1 is 1.12 bits per heavy atom. The number of amides is 1. The van der Waals surface area contributed by atoms with Gasteiger partial charge in [-0.15, -0.1) is 0 Å². The average Bonchev–Trinajstić information content (AvgIpc) is 2.59. The number of nitrogens with one attached hydrogen (secondary N) is 1. The van der Waals surface area contributed by atoms with Crippen LogP contribution in [-0.4, -0.2) is 32.8 Å². The van der Waals surface area contributed by atoms with Crippen LogP contribution in [0.4, 0.5) is 11.4 Å². The number of rotatable bonds is 6. The Balaban J connectivity index is 2.60. The summed E-state index contributed by atoms with van der Waals surface area (Å²) in [6.07, 6.45) is 0. The van der Waals surface area contributed by atoms with E-state index in [0.717, 1.165) is 16.4 Å². The standard InChI is InChI=1S/C15H15N3O5S/c1-16-15(19)11-17(12-7-3-2-4-8-12)24(22,23)14-10-6-5-9-13(14)18(20)21/h2-10H,11H2,1H3,(H,16,19). The smallest absolute Gasteiger partial charge is 0.289 e. The second-order valence-electron chi connectivity index (χ2n) is 4.75. The summed E-state index contributed by atoms with van der Waals surface area (Å²) >= 11 is 0. The molecule has 0 aliphatic rings. The molecule has 2 rings (SSSR count). The molecule has 24 heavy (non-hydrogen) atoms. The molecule has 0 aliphatic carbocycles. The van der Waals surface area contributed by atoms with E-state index in [9.17, 15) is 23.3 Å². The summed E-state index contributed by atoms with van der Waals surface area (Å²) in [4.78, 5) is 21.7. The minimum absolute atomic E-state index is 0.235. The van der Waals surface area contributed by atoms with Crippen molar-refractivity contribution in [1.29, 1.82) is 0 Å². The van der Waals surface area contributed by atoms with Crippen LogP contribution in [0.5, 0.6) is 0 Å². The van der Waals surface area contributed by atoms with Crippen LogP contribution in [0.1, 0.15) is 0 Å². The molecule has 0 atom stereocenters. The summed E-state index contributed by atoms with van der Waals surface area (Å²) in [7, 11) is -2.93. The minimum Gasteiger partial charge on any atom is -0.358 e. The Morgan fingerprint density at radius 3 is 2.29 bits per heavy atom. The van der Waals surface area contributed by atoms with Gasteiger partial charge < -0.3 is 5.32 Å². The first kappa shape index (κ1) is 17.4. The molecule has 8 nitrogen and oxygen atoms in total. The van der Waals surface area contributed by atoms with Crippen molar-refractivity contribution >= 4 is 27.3 Å². The van der Waals surface area contributed by atoms with Gasteiger partial charge in [0.15, 0.2) is 4.90 Å². The summed E-state index contributed by atoms with van der Waals surface area (Å²) in [6, 6.07) is 13.0. The maximum Gasteiger partial charge on any atom is 0.289 e. The van der Waals surface area contributed by atoms with Gasteiger partial charge in [0.25, 0.3) is 15.7 Å². The second-order valence-corrected chi connectivity index (χ2v) is 6.58. The number of carbonyl (C=O) groups is 1. The molecule has 1 N–H and O–H groups in total. The van der Waals surface area contributed by atoms with Crippen LogP contribution in [0.15, 0.2) is 59.5 Å². The number of nitrogens with zero attached hydrogens (tertiary/aromatic N) is 2. The number of likely N-dealkylation sites (N-methyl/N-ethyl adjacent to an activating group) is 1. The Hall–Kier alpha value is -2.94. The third kappa shape index (κ3) is 3.51. The first-order chi connectivity index (χ1) is 11.4. The monoisotopic (exact) mass is 349 g/mol. The highest BCUT2D eigenvalue weighted by molar-refractivity contribution is 7.93. The molecule has 0 unspecified atom stereocenters. The predicted octanol–water partition coefficient (Wildman–Crippen LogP) is 1.54. The third-order valence-corrected chi connectivity index (χ3v) is 5.06. The van der Waals surface area contributed by atoms with Gasteiger partial charge in [0, 0.05) is 13.1 Å². The fourth-order valence-electron chi connectivity index (χ4n) is 2.06. The van der Waals surface area contributed by atoms with Crippen LogP contribution >= 0.6 is 0 Å². The second kappa shape index (κ2) is 7.09. The first-order valence-corrected chi connectivity index (χ1v) is 8.33. The van der Waals surface area contributed by atoms with E-state index in [4.69, 9.17) is 0 Å². The number of nitro groups is 1. The van der Waals surface area contributed by atoms with Gasteiger partial charge in [-0.05, 0) is 18.2 Å². The van der Waals surface area contributed by atoms with Gasteiger partial charge in [-0.25, -0.2) is 8.42 Å². The Kier molecular flexibility index (Phi) is 5.14. The average molecular weight is 349 g/mol. The number of sulfonamides is 1. The Bertz CT molecular complexity index is 852. The lowest BCUT2D eigenvalue weighted by atomic mass is 10.3. The van der Waals surface area contributed by atoms with Crippen molar-refractivity contribution in [3.05, 3.63) is 64.7 Å². The topological polar surface area (TPSA) is 110 Å². The third-order valence-electron chi connectivity index (χ3n) is 3.24. The number of hydrogen-bond donors (Lipinski definition) is 1. The Labute approximate surface area is 138 Å². The molecule has 0 saturated carbocycles. The van der Waals surface area contributed by atoms with Crippen LogP contribution in [-0.2, 0) is 14.8 Å². The van der Waals surface area contributed by atoms with Gasteiger partial charge in [0.05, 0.1) is 10.6 Å². The zero-order valence-electron chi connectivity index (χ0n) is 12.7. The van der Waals surface area contributed by atoms with Crippen LogP contribution in [0.25, 0.3) is 0 Å². The van der Waals surface area contributed by atoms with Gasteiger partial charge >= 0.3 is 0 Å².